The molecule has 0 spiro atoms. The van der Waals surface area contributed by atoms with Crippen molar-refractivity contribution in [3.8, 4) is 0 Å². The summed E-state index contributed by atoms with van der Waals surface area (Å²) in [4.78, 5) is 0.0769. The normalized spacial score (nSPS) is 17.5. The summed E-state index contributed by atoms with van der Waals surface area (Å²) in [5.41, 5.74) is 8.97. The Morgan fingerprint density at radius 2 is 1.52 bits per heavy atom. The molecule has 0 bridgehead atoms. The molecule has 0 aliphatic carbocycles. The maximum atomic E-state index is 12.7. The predicted octanol–water partition coefficient (Wildman–Crippen LogP) is 4.02. The van der Waals surface area contributed by atoms with Crippen LogP contribution in [0.1, 0.15) is 17.0 Å². The largest absolute Gasteiger partial charge is 0.297 e. The Kier molecular flexibility index (Phi) is 6.31. The van der Waals surface area contributed by atoms with Gasteiger partial charge in [-0.1, -0.05) is 65.7 Å². The lowest BCUT2D eigenvalue weighted by molar-refractivity contribution is 0.214. The summed E-state index contributed by atoms with van der Waals surface area (Å²) in [6.45, 7) is 0.423. The standard InChI is InChI=1S/C22H20Cl2N4O2S/c23-17-8-6-16(7-9-17)21-20(15-4-2-1-3-5-15)14-28(26-21)22(25)27-31(29,30)19-12-10-18(24)11-13-19/h1-13,20,22,27H,14,25H2. The number of halogens is 2. The zero-order valence-electron chi connectivity index (χ0n) is 16.3. The third-order valence-corrected chi connectivity index (χ3v) is 6.95. The highest BCUT2D eigenvalue weighted by Crippen LogP contribution is 2.29. The number of rotatable bonds is 6. The number of sulfonamides is 1. The van der Waals surface area contributed by atoms with Crippen molar-refractivity contribution in [1.82, 2.24) is 9.73 Å². The molecule has 31 heavy (non-hydrogen) atoms. The molecule has 160 valence electrons. The second kappa shape index (κ2) is 8.98. The van der Waals surface area contributed by atoms with E-state index in [0.717, 1.165) is 16.8 Å². The second-order valence-electron chi connectivity index (χ2n) is 7.10. The van der Waals surface area contributed by atoms with E-state index in [-0.39, 0.29) is 10.8 Å². The summed E-state index contributed by atoms with van der Waals surface area (Å²) in [6.07, 6.45) is -1.04. The minimum absolute atomic E-state index is 0.0755. The Hall–Kier alpha value is -2.42. The van der Waals surface area contributed by atoms with Crippen LogP contribution in [-0.2, 0) is 10.0 Å². The van der Waals surface area contributed by atoms with E-state index in [9.17, 15) is 8.42 Å². The van der Waals surface area contributed by atoms with E-state index in [4.69, 9.17) is 28.9 Å². The van der Waals surface area contributed by atoms with E-state index in [1.54, 1.807) is 17.1 Å². The fourth-order valence-corrected chi connectivity index (χ4v) is 4.75. The first kappa shape index (κ1) is 21.8. The zero-order valence-corrected chi connectivity index (χ0v) is 18.6. The van der Waals surface area contributed by atoms with Crippen molar-refractivity contribution in [3.05, 3.63) is 100 Å². The van der Waals surface area contributed by atoms with Gasteiger partial charge < -0.3 is 0 Å². The molecule has 9 heteroatoms. The van der Waals surface area contributed by atoms with Crippen molar-refractivity contribution >= 4 is 38.9 Å². The van der Waals surface area contributed by atoms with Gasteiger partial charge in [-0.15, -0.1) is 0 Å². The van der Waals surface area contributed by atoms with Crippen LogP contribution >= 0.6 is 23.2 Å². The first-order valence-electron chi connectivity index (χ1n) is 9.53. The smallest absolute Gasteiger partial charge is 0.243 e. The molecule has 0 radical (unpaired) electrons. The summed E-state index contributed by atoms with van der Waals surface area (Å²) in [6, 6.07) is 23.2. The van der Waals surface area contributed by atoms with Crippen LogP contribution in [0.25, 0.3) is 0 Å². The highest BCUT2D eigenvalue weighted by Gasteiger charge is 2.33. The van der Waals surface area contributed by atoms with E-state index < -0.39 is 16.3 Å². The van der Waals surface area contributed by atoms with Gasteiger partial charge in [0.05, 0.1) is 17.2 Å². The Morgan fingerprint density at radius 1 is 0.935 bits per heavy atom. The molecule has 0 aromatic heterocycles. The molecule has 3 N–H and O–H groups in total. The minimum atomic E-state index is -3.85. The monoisotopic (exact) mass is 474 g/mol. The quantitative estimate of drug-likeness (QED) is 0.528. The number of hydrogen-bond acceptors (Lipinski definition) is 5. The Morgan fingerprint density at radius 3 is 2.13 bits per heavy atom. The first-order chi connectivity index (χ1) is 14.8. The van der Waals surface area contributed by atoms with Crippen LogP contribution in [0.4, 0.5) is 0 Å². The van der Waals surface area contributed by atoms with E-state index in [0.29, 0.717) is 16.6 Å². The number of nitrogens with two attached hydrogens (primary N) is 1. The maximum absolute atomic E-state index is 12.7. The minimum Gasteiger partial charge on any atom is -0.297 e. The van der Waals surface area contributed by atoms with Gasteiger partial charge in [-0.2, -0.15) is 9.82 Å². The number of nitrogens with one attached hydrogen (secondary N) is 1. The maximum Gasteiger partial charge on any atom is 0.243 e. The van der Waals surface area contributed by atoms with Crippen molar-refractivity contribution in [2.45, 2.75) is 17.1 Å². The lowest BCUT2D eigenvalue weighted by atomic mass is 9.91. The molecule has 1 aliphatic rings. The Labute approximate surface area is 191 Å². The van der Waals surface area contributed by atoms with Crippen LogP contribution in [0, 0.1) is 0 Å². The molecule has 2 atom stereocenters. The van der Waals surface area contributed by atoms with Crippen LogP contribution in [0.2, 0.25) is 10.0 Å². The lowest BCUT2D eigenvalue weighted by Gasteiger charge is -2.24. The average molecular weight is 475 g/mol. The fourth-order valence-electron chi connectivity index (χ4n) is 3.43. The molecule has 6 nitrogen and oxygen atoms in total. The zero-order chi connectivity index (χ0) is 22.0. The van der Waals surface area contributed by atoms with Gasteiger partial charge >= 0.3 is 0 Å². The third-order valence-electron chi connectivity index (χ3n) is 5.00. The van der Waals surface area contributed by atoms with Gasteiger partial charge in [0, 0.05) is 16.0 Å². The summed E-state index contributed by atoms with van der Waals surface area (Å²) < 4.78 is 27.9. The van der Waals surface area contributed by atoms with Crippen molar-refractivity contribution in [2.75, 3.05) is 6.54 Å². The van der Waals surface area contributed by atoms with Gasteiger partial charge in [0.1, 0.15) is 0 Å². The summed E-state index contributed by atoms with van der Waals surface area (Å²) >= 11 is 11.9. The number of benzene rings is 3. The number of nitrogens with zero attached hydrogens (tertiary/aromatic N) is 2. The van der Waals surface area contributed by atoms with Crippen LogP contribution in [0.5, 0.6) is 0 Å². The second-order valence-corrected chi connectivity index (χ2v) is 9.68. The van der Waals surface area contributed by atoms with E-state index >= 15 is 0 Å². The molecular formula is C22H20Cl2N4O2S. The highest BCUT2D eigenvalue weighted by atomic mass is 35.5. The number of hydrogen-bond donors (Lipinski definition) is 2. The molecule has 0 saturated carbocycles. The molecule has 2 unspecified atom stereocenters. The van der Waals surface area contributed by atoms with Crippen molar-refractivity contribution in [1.29, 1.82) is 0 Å². The van der Waals surface area contributed by atoms with Gasteiger partial charge in [-0.3, -0.25) is 10.7 Å². The summed E-state index contributed by atoms with van der Waals surface area (Å²) in [5.74, 6) is -0.0755. The molecule has 3 aromatic rings. The molecule has 4 rings (SSSR count). The van der Waals surface area contributed by atoms with Crippen molar-refractivity contribution in [3.63, 3.8) is 0 Å². The van der Waals surface area contributed by atoms with E-state index in [1.165, 1.54) is 24.3 Å². The van der Waals surface area contributed by atoms with Crippen LogP contribution in [0.15, 0.2) is 88.9 Å². The summed E-state index contributed by atoms with van der Waals surface area (Å²) in [5, 5.41) is 7.30. The molecule has 0 saturated heterocycles. The van der Waals surface area contributed by atoms with E-state index in [1.807, 2.05) is 42.5 Å². The van der Waals surface area contributed by atoms with Gasteiger partial charge in [-0.25, -0.2) is 8.42 Å². The van der Waals surface area contributed by atoms with Crippen LogP contribution < -0.4 is 10.5 Å². The lowest BCUT2D eigenvalue weighted by Crippen LogP contribution is -2.51. The molecule has 1 aliphatic heterocycles. The van der Waals surface area contributed by atoms with Crippen molar-refractivity contribution < 1.29 is 8.42 Å². The molecular weight excluding hydrogens is 455 g/mol. The van der Waals surface area contributed by atoms with Gasteiger partial charge in [-0.05, 0) is 47.5 Å². The Bertz CT molecular complexity index is 1180. The number of hydrazone groups is 1. The molecule has 3 aromatic carbocycles. The van der Waals surface area contributed by atoms with Crippen molar-refractivity contribution in [2.24, 2.45) is 10.8 Å². The van der Waals surface area contributed by atoms with Crippen LogP contribution in [0.3, 0.4) is 0 Å². The van der Waals surface area contributed by atoms with Crippen LogP contribution in [-0.4, -0.2) is 32.0 Å². The average Bonchev–Trinajstić information content (AvgIpc) is 3.21. The van der Waals surface area contributed by atoms with E-state index in [2.05, 4.69) is 9.82 Å². The predicted molar refractivity (Wildman–Crippen MR) is 124 cm³/mol. The summed E-state index contributed by atoms with van der Waals surface area (Å²) in [7, 11) is -3.85. The Balaban J connectivity index is 1.62. The highest BCUT2D eigenvalue weighted by molar-refractivity contribution is 7.89. The van der Waals surface area contributed by atoms with Gasteiger partial charge in [0.2, 0.25) is 10.0 Å². The third kappa shape index (κ3) is 4.92. The first-order valence-corrected chi connectivity index (χ1v) is 11.8. The SMILES string of the molecule is NC(NS(=O)(=O)c1ccc(Cl)cc1)N1CC(c2ccccc2)C(c2ccc(Cl)cc2)=N1. The molecule has 0 fully saturated rings. The van der Waals surface area contributed by atoms with Gasteiger partial charge in [0.25, 0.3) is 0 Å². The fraction of sp³-hybridized carbons (Fsp3) is 0.136. The molecule has 1 heterocycles. The topological polar surface area (TPSA) is 87.8 Å². The van der Waals surface area contributed by atoms with Gasteiger partial charge in [0.15, 0.2) is 6.29 Å². The molecule has 0 amide bonds.